The molecule has 1 aromatic heterocycles. The summed E-state index contributed by atoms with van der Waals surface area (Å²) in [5.41, 5.74) is 1.58. The number of methoxy groups -OCH3 is 2. The van der Waals surface area contributed by atoms with Gasteiger partial charge in [0.05, 0.1) is 30.4 Å². The van der Waals surface area contributed by atoms with Gasteiger partial charge in [0.25, 0.3) is 0 Å². The van der Waals surface area contributed by atoms with Crippen LogP contribution in [-0.2, 0) is 4.74 Å². The van der Waals surface area contributed by atoms with Crippen molar-refractivity contribution in [3.05, 3.63) is 47.5 Å². The van der Waals surface area contributed by atoms with E-state index in [0.29, 0.717) is 41.0 Å². The number of hydrogen-bond donors (Lipinski definition) is 2. The molecular weight excluding hydrogens is 447 g/mol. The first-order valence-corrected chi connectivity index (χ1v) is 11.3. The minimum atomic E-state index is -0.474. The van der Waals surface area contributed by atoms with Crippen LogP contribution >= 0.6 is 11.6 Å². The summed E-state index contributed by atoms with van der Waals surface area (Å²) < 4.78 is 30.9. The molecule has 1 spiro atoms. The van der Waals surface area contributed by atoms with Crippen LogP contribution in [0.1, 0.15) is 12.8 Å². The second kappa shape index (κ2) is 8.93. The van der Waals surface area contributed by atoms with E-state index >= 15 is 0 Å². The number of hydrogen-bond acceptors (Lipinski definition) is 7. The maximum atomic E-state index is 13.5. The molecule has 2 heterocycles. The molecule has 1 saturated heterocycles. The van der Waals surface area contributed by atoms with Crippen molar-refractivity contribution in [2.24, 2.45) is 11.3 Å². The zero-order valence-corrected chi connectivity index (χ0v) is 19.3. The normalized spacial score (nSPS) is 23.8. The summed E-state index contributed by atoms with van der Waals surface area (Å²) in [5.74, 6) is 1.92. The fraction of sp³-hybridized carbons (Fsp3) is 0.417. The van der Waals surface area contributed by atoms with Crippen molar-refractivity contribution in [1.82, 2.24) is 15.3 Å². The summed E-state index contributed by atoms with van der Waals surface area (Å²) in [6.45, 7) is 2.51. The molecule has 0 amide bonds. The minimum absolute atomic E-state index is 0.0371. The zero-order valence-electron chi connectivity index (χ0n) is 18.5. The first-order chi connectivity index (χ1) is 16.0. The van der Waals surface area contributed by atoms with Gasteiger partial charge in [0, 0.05) is 42.8 Å². The van der Waals surface area contributed by atoms with E-state index < -0.39 is 5.82 Å². The maximum absolute atomic E-state index is 13.5. The van der Waals surface area contributed by atoms with Gasteiger partial charge in [0.2, 0.25) is 0 Å². The Labute approximate surface area is 196 Å². The van der Waals surface area contributed by atoms with E-state index in [9.17, 15) is 4.39 Å². The number of halogens is 2. The molecule has 3 unspecified atom stereocenters. The van der Waals surface area contributed by atoms with Gasteiger partial charge in [0.1, 0.15) is 18.0 Å². The third kappa shape index (κ3) is 4.18. The number of rotatable bonds is 8. The van der Waals surface area contributed by atoms with Gasteiger partial charge in [-0.25, -0.2) is 14.4 Å². The molecule has 3 atom stereocenters. The third-order valence-electron chi connectivity index (χ3n) is 6.82. The molecule has 9 heteroatoms. The lowest BCUT2D eigenvalue weighted by Gasteiger charge is -2.18. The lowest BCUT2D eigenvalue weighted by Crippen LogP contribution is -2.24. The van der Waals surface area contributed by atoms with Crippen LogP contribution < -0.4 is 20.1 Å². The lowest BCUT2D eigenvalue weighted by atomic mass is 9.98. The Bertz CT molecular complexity index is 1180. The molecule has 0 radical (unpaired) electrons. The number of benzene rings is 2. The van der Waals surface area contributed by atoms with Crippen molar-refractivity contribution < 1.29 is 18.6 Å². The molecule has 5 rings (SSSR count). The SMILES string of the molecule is COc1cc2ncnc(Nc3ccc(F)c(Cl)c3)c2cc1OCCC1CC12CNCC2OC. The largest absolute Gasteiger partial charge is 0.493 e. The maximum Gasteiger partial charge on any atom is 0.162 e. The molecular formula is C24H26ClFN4O3. The molecule has 0 bridgehead atoms. The van der Waals surface area contributed by atoms with Gasteiger partial charge in [0.15, 0.2) is 11.5 Å². The quantitative estimate of drug-likeness (QED) is 0.497. The second-order valence-electron chi connectivity index (χ2n) is 8.62. The Kier molecular flexibility index (Phi) is 5.99. The number of fused-ring (bicyclic) bond motifs is 1. The number of anilines is 2. The molecule has 1 aliphatic heterocycles. The fourth-order valence-electron chi connectivity index (χ4n) is 4.93. The molecule has 3 aromatic rings. The predicted molar refractivity (Wildman–Crippen MR) is 125 cm³/mol. The number of aromatic nitrogens is 2. The van der Waals surface area contributed by atoms with E-state index in [0.717, 1.165) is 24.9 Å². The number of nitrogens with one attached hydrogen (secondary N) is 2. The van der Waals surface area contributed by atoms with Gasteiger partial charge < -0.3 is 24.8 Å². The molecule has 33 heavy (non-hydrogen) atoms. The highest BCUT2D eigenvalue weighted by Crippen LogP contribution is 2.59. The van der Waals surface area contributed by atoms with Gasteiger partial charge in [-0.3, -0.25) is 0 Å². The van der Waals surface area contributed by atoms with E-state index in [4.69, 9.17) is 25.8 Å². The Balaban J connectivity index is 1.34. The topological polar surface area (TPSA) is 77.5 Å². The van der Waals surface area contributed by atoms with E-state index in [1.54, 1.807) is 20.3 Å². The van der Waals surface area contributed by atoms with E-state index in [2.05, 4.69) is 20.6 Å². The average molecular weight is 473 g/mol. The summed E-state index contributed by atoms with van der Waals surface area (Å²) in [4.78, 5) is 8.71. The average Bonchev–Trinajstić information content (AvgIpc) is 3.35. The van der Waals surface area contributed by atoms with E-state index in [1.807, 2.05) is 12.1 Å². The van der Waals surface area contributed by atoms with Crippen LogP contribution in [0.3, 0.4) is 0 Å². The van der Waals surface area contributed by atoms with Crippen molar-refractivity contribution in [2.75, 3.05) is 39.2 Å². The summed E-state index contributed by atoms with van der Waals surface area (Å²) in [6, 6.07) is 8.13. The van der Waals surface area contributed by atoms with Crippen molar-refractivity contribution in [2.45, 2.75) is 18.9 Å². The predicted octanol–water partition coefficient (Wildman–Crippen LogP) is 4.57. The first-order valence-electron chi connectivity index (χ1n) is 10.9. The van der Waals surface area contributed by atoms with Gasteiger partial charge >= 0.3 is 0 Å². The van der Waals surface area contributed by atoms with Crippen LogP contribution in [0.2, 0.25) is 5.02 Å². The minimum Gasteiger partial charge on any atom is -0.493 e. The molecule has 2 aliphatic rings. The smallest absolute Gasteiger partial charge is 0.162 e. The molecule has 7 nitrogen and oxygen atoms in total. The highest BCUT2D eigenvalue weighted by Gasteiger charge is 2.60. The summed E-state index contributed by atoms with van der Waals surface area (Å²) in [6.07, 6.45) is 3.86. The monoisotopic (exact) mass is 472 g/mol. The third-order valence-corrected chi connectivity index (χ3v) is 7.11. The fourth-order valence-corrected chi connectivity index (χ4v) is 5.11. The van der Waals surface area contributed by atoms with Crippen LogP contribution in [0.4, 0.5) is 15.9 Å². The molecule has 1 aliphatic carbocycles. The highest BCUT2D eigenvalue weighted by atomic mass is 35.5. The van der Waals surface area contributed by atoms with Crippen LogP contribution in [0.5, 0.6) is 11.5 Å². The van der Waals surface area contributed by atoms with Crippen molar-refractivity contribution in [3.8, 4) is 11.5 Å². The van der Waals surface area contributed by atoms with Crippen LogP contribution in [-0.4, -0.2) is 50.0 Å². The summed E-state index contributed by atoms with van der Waals surface area (Å²) in [7, 11) is 3.40. The number of ether oxygens (including phenoxy) is 3. The van der Waals surface area contributed by atoms with Gasteiger partial charge in [-0.1, -0.05) is 11.6 Å². The molecule has 1 saturated carbocycles. The van der Waals surface area contributed by atoms with Crippen LogP contribution in [0, 0.1) is 17.2 Å². The first kappa shape index (κ1) is 22.1. The van der Waals surface area contributed by atoms with Crippen LogP contribution in [0.15, 0.2) is 36.7 Å². The lowest BCUT2D eigenvalue weighted by molar-refractivity contribution is 0.0647. The summed E-state index contributed by atoms with van der Waals surface area (Å²) >= 11 is 5.92. The van der Waals surface area contributed by atoms with Crippen molar-refractivity contribution in [1.29, 1.82) is 0 Å². The van der Waals surface area contributed by atoms with E-state index in [-0.39, 0.29) is 16.5 Å². The summed E-state index contributed by atoms with van der Waals surface area (Å²) in [5, 5.41) is 7.44. The van der Waals surface area contributed by atoms with Gasteiger partial charge in [-0.2, -0.15) is 0 Å². The highest BCUT2D eigenvalue weighted by molar-refractivity contribution is 6.31. The molecule has 2 aromatic carbocycles. The van der Waals surface area contributed by atoms with Gasteiger partial charge in [-0.05, 0) is 43.0 Å². The van der Waals surface area contributed by atoms with Crippen LogP contribution in [0.25, 0.3) is 10.9 Å². The van der Waals surface area contributed by atoms with Crippen molar-refractivity contribution >= 4 is 34.0 Å². The second-order valence-corrected chi connectivity index (χ2v) is 9.03. The Hall–Kier alpha value is -2.68. The molecule has 174 valence electrons. The zero-order chi connectivity index (χ0) is 23.0. The molecule has 2 N–H and O–H groups in total. The Morgan fingerprint density at radius 2 is 2.09 bits per heavy atom. The Morgan fingerprint density at radius 1 is 1.21 bits per heavy atom. The molecule has 2 fully saturated rings. The van der Waals surface area contributed by atoms with Crippen molar-refractivity contribution in [3.63, 3.8) is 0 Å². The standard InChI is InChI=1S/C24H26ClFN4O3/c1-31-20-9-19-16(23(29-13-28-19)30-15-3-4-18(26)17(25)7-15)8-21(20)33-6-5-14-10-24(14)12-27-11-22(24)32-2/h3-4,7-9,13-14,22,27H,5-6,10-12H2,1-2H3,(H,28,29,30). The van der Waals surface area contributed by atoms with E-state index in [1.165, 1.54) is 24.9 Å². The van der Waals surface area contributed by atoms with Gasteiger partial charge in [-0.15, -0.1) is 0 Å². The number of nitrogens with zero attached hydrogens (tertiary/aromatic N) is 2. The Morgan fingerprint density at radius 3 is 2.88 bits per heavy atom.